The van der Waals surface area contributed by atoms with Crippen molar-refractivity contribution in [2.75, 3.05) is 19.6 Å². The number of aromatic nitrogens is 2. The van der Waals surface area contributed by atoms with E-state index in [1.807, 2.05) is 37.0 Å². The van der Waals surface area contributed by atoms with Crippen LogP contribution < -0.4 is 10.6 Å². The van der Waals surface area contributed by atoms with Crippen LogP contribution in [0.4, 0.5) is 0 Å². The first kappa shape index (κ1) is 13.3. The lowest BCUT2D eigenvalue weighted by Gasteiger charge is -2.09. The lowest BCUT2D eigenvalue weighted by atomic mass is 10.4. The van der Waals surface area contributed by atoms with Crippen molar-refractivity contribution in [3.05, 3.63) is 30.6 Å². The molecule has 0 aliphatic heterocycles. The molecule has 0 unspecified atom stereocenters. The lowest BCUT2D eigenvalue weighted by Crippen LogP contribution is -2.37. The molecule has 0 bridgehead atoms. The van der Waals surface area contributed by atoms with E-state index in [1.54, 1.807) is 0 Å². The Morgan fingerprint density at radius 1 is 1.59 bits per heavy atom. The van der Waals surface area contributed by atoms with E-state index in [1.165, 1.54) is 5.56 Å². The van der Waals surface area contributed by atoms with Gasteiger partial charge in [-0.25, -0.2) is 0 Å². The molecule has 0 saturated heterocycles. The summed E-state index contributed by atoms with van der Waals surface area (Å²) in [5.41, 5.74) is 1.17. The fourth-order valence-electron chi connectivity index (χ4n) is 1.36. The van der Waals surface area contributed by atoms with Gasteiger partial charge in [-0.05, 0) is 19.4 Å². The number of nitrogens with zero attached hydrogens (tertiary/aromatic N) is 3. The highest BCUT2D eigenvalue weighted by Gasteiger charge is 1.95. The summed E-state index contributed by atoms with van der Waals surface area (Å²) in [6, 6.07) is 0. The maximum atomic E-state index is 4.44. The first-order valence-electron chi connectivity index (χ1n) is 5.88. The summed E-state index contributed by atoms with van der Waals surface area (Å²) >= 11 is 0. The minimum Gasteiger partial charge on any atom is -0.357 e. The lowest BCUT2D eigenvalue weighted by molar-refractivity contribution is 0.622. The molecule has 1 heterocycles. The molecule has 1 aromatic heterocycles. The quantitative estimate of drug-likeness (QED) is 0.438. The summed E-state index contributed by atoms with van der Waals surface area (Å²) in [7, 11) is 0. The van der Waals surface area contributed by atoms with Crippen LogP contribution >= 0.6 is 0 Å². The molecule has 0 saturated carbocycles. The summed E-state index contributed by atoms with van der Waals surface area (Å²) in [6.07, 6.45) is 5.67. The molecule has 1 rings (SSSR count). The van der Waals surface area contributed by atoms with Crippen molar-refractivity contribution in [1.29, 1.82) is 0 Å². The molecule has 5 heteroatoms. The SMILES string of the molecule is C=CCNC(=NCCn1cc(C)cn1)NCC. The topological polar surface area (TPSA) is 54.2 Å². The highest BCUT2D eigenvalue weighted by Crippen LogP contribution is 1.93. The fraction of sp³-hybridized carbons (Fsp3) is 0.500. The van der Waals surface area contributed by atoms with Crippen LogP contribution in [0.2, 0.25) is 0 Å². The molecule has 17 heavy (non-hydrogen) atoms. The number of rotatable bonds is 6. The average Bonchev–Trinajstić information content (AvgIpc) is 2.72. The van der Waals surface area contributed by atoms with Gasteiger partial charge < -0.3 is 10.6 Å². The van der Waals surface area contributed by atoms with E-state index >= 15 is 0 Å². The second-order valence-corrected chi connectivity index (χ2v) is 3.71. The summed E-state index contributed by atoms with van der Waals surface area (Å²) in [4.78, 5) is 4.44. The predicted molar refractivity (Wildman–Crippen MR) is 71.1 cm³/mol. The Bertz CT molecular complexity index is 367. The highest BCUT2D eigenvalue weighted by molar-refractivity contribution is 5.79. The normalized spacial score (nSPS) is 11.3. The Kier molecular flexibility index (Phi) is 5.85. The minimum atomic E-state index is 0.702. The van der Waals surface area contributed by atoms with E-state index in [4.69, 9.17) is 0 Å². The van der Waals surface area contributed by atoms with Gasteiger partial charge in [0.25, 0.3) is 0 Å². The van der Waals surface area contributed by atoms with Gasteiger partial charge >= 0.3 is 0 Å². The molecule has 5 nitrogen and oxygen atoms in total. The van der Waals surface area contributed by atoms with Crippen LogP contribution in [0.25, 0.3) is 0 Å². The molecule has 0 amide bonds. The number of hydrogen-bond acceptors (Lipinski definition) is 2. The molecule has 0 aromatic carbocycles. The molecule has 94 valence electrons. The van der Waals surface area contributed by atoms with E-state index < -0.39 is 0 Å². The molecule has 0 spiro atoms. The highest BCUT2D eigenvalue weighted by atomic mass is 15.3. The number of aliphatic imine (C=N–C) groups is 1. The maximum Gasteiger partial charge on any atom is 0.191 e. The van der Waals surface area contributed by atoms with Crippen LogP contribution in [0.1, 0.15) is 12.5 Å². The number of aryl methyl sites for hydroxylation is 1. The monoisotopic (exact) mass is 235 g/mol. The minimum absolute atomic E-state index is 0.702. The van der Waals surface area contributed by atoms with Gasteiger partial charge in [-0.15, -0.1) is 6.58 Å². The third kappa shape index (κ3) is 5.19. The summed E-state index contributed by atoms with van der Waals surface area (Å²) in [5.74, 6) is 0.816. The van der Waals surface area contributed by atoms with E-state index in [2.05, 4.69) is 27.3 Å². The summed E-state index contributed by atoms with van der Waals surface area (Å²) in [5, 5.41) is 10.5. The molecule has 0 radical (unpaired) electrons. The van der Waals surface area contributed by atoms with E-state index in [0.29, 0.717) is 13.1 Å². The zero-order valence-electron chi connectivity index (χ0n) is 10.6. The number of nitrogens with one attached hydrogen (secondary N) is 2. The molecule has 0 aliphatic carbocycles. The van der Waals surface area contributed by atoms with Crippen molar-refractivity contribution < 1.29 is 0 Å². The van der Waals surface area contributed by atoms with Crippen molar-refractivity contribution >= 4 is 5.96 Å². The van der Waals surface area contributed by atoms with Gasteiger partial charge in [0.05, 0.1) is 19.3 Å². The molecular weight excluding hydrogens is 214 g/mol. The van der Waals surface area contributed by atoms with Gasteiger partial charge in [0.2, 0.25) is 0 Å². The maximum absolute atomic E-state index is 4.44. The molecule has 2 N–H and O–H groups in total. The molecular formula is C12H21N5. The van der Waals surface area contributed by atoms with Crippen LogP contribution in [0.15, 0.2) is 30.0 Å². The van der Waals surface area contributed by atoms with Crippen molar-refractivity contribution in [3.63, 3.8) is 0 Å². The van der Waals surface area contributed by atoms with Gasteiger partial charge in [0.1, 0.15) is 0 Å². The smallest absolute Gasteiger partial charge is 0.191 e. The van der Waals surface area contributed by atoms with Crippen LogP contribution in [0.3, 0.4) is 0 Å². The second-order valence-electron chi connectivity index (χ2n) is 3.71. The van der Waals surface area contributed by atoms with Gasteiger partial charge in [-0.3, -0.25) is 9.67 Å². The van der Waals surface area contributed by atoms with Crippen molar-refractivity contribution in [2.24, 2.45) is 4.99 Å². The predicted octanol–water partition coefficient (Wildman–Crippen LogP) is 0.933. The third-order valence-electron chi connectivity index (χ3n) is 2.12. The van der Waals surface area contributed by atoms with Crippen LogP contribution in [-0.2, 0) is 6.54 Å². The Morgan fingerprint density at radius 2 is 2.41 bits per heavy atom. The molecule has 0 aliphatic rings. The number of hydrogen-bond donors (Lipinski definition) is 2. The van der Waals surface area contributed by atoms with Crippen molar-refractivity contribution in [1.82, 2.24) is 20.4 Å². The standard InChI is InChI=1S/C12H21N5/c1-4-6-14-12(13-5-2)15-7-8-17-10-11(3)9-16-17/h4,9-10H,1,5-8H2,2-3H3,(H2,13,14,15). The Labute approximate surface area is 103 Å². The Balaban J connectivity index is 2.39. The molecule has 1 aromatic rings. The van der Waals surface area contributed by atoms with E-state index in [9.17, 15) is 0 Å². The van der Waals surface area contributed by atoms with Crippen LogP contribution in [0.5, 0.6) is 0 Å². The van der Waals surface area contributed by atoms with Crippen LogP contribution in [-0.4, -0.2) is 35.4 Å². The second kappa shape index (κ2) is 7.49. The van der Waals surface area contributed by atoms with E-state index in [-0.39, 0.29) is 0 Å². The van der Waals surface area contributed by atoms with Crippen molar-refractivity contribution in [3.8, 4) is 0 Å². The molecule has 0 fully saturated rings. The molecule has 0 atom stereocenters. The first-order chi connectivity index (χ1) is 8.26. The van der Waals surface area contributed by atoms with Crippen LogP contribution in [0, 0.1) is 6.92 Å². The van der Waals surface area contributed by atoms with Gasteiger partial charge in [-0.2, -0.15) is 5.10 Å². The van der Waals surface area contributed by atoms with Gasteiger partial charge in [-0.1, -0.05) is 6.08 Å². The van der Waals surface area contributed by atoms with Gasteiger partial charge in [0.15, 0.2) is 5.96 Å². The summed E-state index contributed by atoms with van der Waals surface area (Å²) < 4.78 is 1.90. The van der Waals surface area contributed by atoms with Gasteiger partial charge in [0, 0.05) is 19.3 Å². The first-order valence-corrected chi connectivity index (χ1v) is 5.88. The zero-order chi connectivity index (χ0) is 12.5. The largest absolute Gasteiger partial charge is 0.357 e. The average molecular weight is 235 g/mol. The Hall–Kier alpha value is -1.78. The fourth-order valence-corrected chi connectivity index (χ4v) is 1.36. The summed E-state index contributed by atoms with van der Waals surface area (Å²) in [6.45, 7) is 10.8. The van der Waals surface area contributed by atoms with E-state index in [0.717, 1.165) is 19.0 Å². The zero-order valence-corrected chi connectivity index (χ0v) is 10.6. The number of guanidine groups is 1. The van der Waals surface area contributed by atoms with Crippen molar-refractivity contribution in [2.45, 2.75) is 20.4 Å². The Morgan fingerprint density at radius 3 is 3.00 bits per heavy atom. The third-order valence-corrected chi connectivity index (χ3v) is 2.12.